The molecule has 0 aliphatic rings. The first-order chi connectivity index (χ1) is 3.27. The molecule has 0 aromatic heterocycles. The van der Waals surface area contributed by atoms with E-state index < -0.39 is 0 Å². The topological polar surface area (TPSA) is 9.23 Å². The molecule has 1 nitrogen and oxygen atoms in total. The van der Waals surface area contributed by atoms with E-state index in [1.165, 1.54) is 0 Å². The molecule has 0 heterocycles. The van der Waals surface area contributed by atoms with E-state index in [1.54, 1.807) is 0 Å². The molecular formula is C5H14OSi. The summed E-state index contributed by atoms with van der Waals surface area (Å²) in [6, 6.07) is 0. The van der Waals surface area contributed by atoms with Gasteiger partial charge in [-0.05, 0) is 12.5 Å². The summed E-state index contributed by atoms with van der Waals surface area (Å²) in [7, 11) is -0.154. The predicted octanol–water partition coefficient (Wildman–Crippen LogP) is 0.935. The quantitative estimate of drug-likeness (QED) is 0.501. The lowest BCUT2D eigenvalue weighted by atomic mass is 10.6. The standard InChI is InChI=1S/C5H14OSi/c1-4-6-7-5(2)3/h5H,4,7H2,1-3H3. The summed E-state index contributed by atoms with van der Waals surface area (Å²) in [5, 5.41) is 0. The van der Waals surface area contributed by atoms with Crippen molar-refractivity contribution in [1.82, 2.24) is 0 Å². The Labute approximate surface area is 48.0 Å². The smallest absolute Gasteiger partial charge is 0.164 e. The van der Waals surface area contributed by atoms with Gasteiger partial charge < -0.3 is 4.43 Å². The number of rotatable bonds is 3. The van der Waals surface area contributed by atoms with Crippen LogP contribution in [0.4, 0.5) is 0 Å². The van der Waals surface area contributed by atoms with Gasteiger partial charge in [-0.2, -0.15) is 0 Å². The fourth-order valence-corrected chi connectivity index (χ4v) is 1.06. The van der Waals surface area contributed by atoms with Crippen LogP contribution in [0.25, 0.3) is 0 Å². The number of hydrogen-bond donors (Lipinski definition) is 0. The van der Waals surface area contributed by atoms with Crippen molar-refractivity contribution in [2.24, 2.45) is 0 Å². The van der Waals surface area contributed by atoms with Crippen molar-refractivity contribution in [3.05, 3.63) is 0 Å². The first-order valence-electron chi connectivity index (χ1n) is 2.85. The largest absolute Gasteiger partial charge is 0.424 e. The van der Waals surface area contributed by atoms with Crippen LogP contribution in [-0.4, -0.2) is 16.4 Å². The molecule has 0 unspecified atom stereocenters. The second-order valence-corrected chi connectivity index (χ2v) is 4.43. The van der Waals surface area contributed by atoms with E-state index in [1.807, 2.05) is 0 Å². The first kappa shape index (κ1) is 7.18. The van der Waals surface area contributed by atoms with Crippen LogP contribution in [0.3, 0.4) is 0 Å². The summed E-state index contributed by atoms with van der Waals surface area (Å²) in [6.45, 7) is 7.38. The Kier molecular flexibility index (Phi) is 4.45. The van der Waals surface area contributed by atoms with Crippen LogP contribution in [-0.2, 0) is 4.43 Å². The summed E-state index contributed by atoms with van der Waals surface area (Å²) in [6.07, 6.45) is 0. The Morgan fingerprint density at radius 3 is 2.29 bits per heavy atom. The molecule has 0 saturated carbocycles. The third-order valence-electron chi connectivity index (χ3n) is 0.655. The first-order valence-corrected chi connectivity index (χ1v) is 4.24. The van der Waals surface area contributed by atoms with Gasteiger partial charge in [0.15, 0.2) is 9.76 Å². The van der Waals surface area contributed by atoms with Crippen LogP contribution in [0.15, 0.2) is 0 Å². The minimum absolute atomic E-state index is 0.154. The molecule has 0 spiro atoms. The fraction of sp³-hybridized carbons (Fsp3) is 1.00. The molecule has 0 aromatic carbocycles. The lowest BCUT2D eigenvalue weighted by Gasteiger charge is -2.00. The van der Waals surface area contributed by atoms with Crippen molar-refractivity contribution in [3.63, 3.8) is 0 Å². The molecule has 0 radical (unpaired) electrons. The lowest BCUT2D eigenvalue weighted by Crippen LogP contribution is -2.00. The highest BCUT2D eigenvalue weighted by atomic mass is 28.2. The fourth-order valence-electron chi connectivity index (χ4n) is 0.354. The zero-order valence-corrected chi connectivity index (χ0v) is 6.81. The van der Waals surface area contributed by atoms with Gasteiger partial charge in [0.1, 0.15) is 0 Å². The molecule has 0 aliphatic carbocycles. The van der Waals surface area contributed by atoms with E-state index >= 15 is 0 Å². The molecule has 0 atom stereocenters. The Balaban J connectivity index is 2.68. The van der Waals surface area contributed by atoms with E-state index in [0.29, 0.717) is 0 Å². The highest BCUT2D eigenvalue weighted by Gasteiger charge is 1.90. The van der Waals surface area contributed by atoms with Crippen molar-refractivity contribution in [1.29, 1.82) is 0 Å². The molecule has 0 N–H and O–H groups in total. The van der Waals surface area contributed by atoms with Crippen LogP contribution >= 0.6 is 0 Å². The SMILES string of the molecule is CCO[SiH2]C(C)C. The van der Waals surface area contributed by atoms with Crippen molar-refractivity contribution in [2.45, 2.75) is 26.3 Å². The summed E-state index contributed by atoms with van der Waals surface area (Å²) < 4.78 is 5.23. The molecule has 0 aromatic rings. The maximum absolute atomic E-state index is 5.23. The zero-order valence-electron chi connectivity index (χ0n) is 5.40. The van der Waals surface area contributed by atoms with E-state index in [4.69, 9.17) is 4.43 Å². The van der Waals surface area contributed by atoms with Crippen molar-refractivity contribution in [3.8, 4) is 0 Å². The van der Waals surface area contributed by atoms with Crippen LogP contribution < -0.4 is 0 Å². The maximum Gasteiger partial charge on any atom is 0.164 e. The van der Waals surface area contributed by atoms with Gasteiger partial charge in [0.25, 0.3) is 0 Å². The van der Waals surface area contributed by atoms with Crippen molar-refractivity contribution >= 4 is 9.76 Å². The van der Waals surface area contributed by atoms with E-state index in [-0.39, 0.29) is 9.76 Å². The van der Waals surface area contributed by atoms with Crippen LogP contribution in [0.1, 0.15) is 20.8 Å². The molecule has 0 amide bonds. The van der Waals surface area contributed by atoms with Gasteiger partial charge in [-0.25, -0.2) is 0 Å². The van der Waals surface area contributed by atoms with Crippen LogP contribution in [0.2, 0.25) is 5.54 Å². The van der Waals surface area contributed by atoms with Crippen LogP contribution in [0, 0.1) is 0 Å². The third-order valence-corrected chi connectivity index (χ3v) is 1.97. The normalized spacial score (nSPS) is 12.0. The average molecular weight is 118 g/mol. The van der Waals surface area contributed by atoms with Crippen molar-refractivity contribution < 1.29 is 4.43 Å². The Morgan fingerprint density at radius 1 is 1.57 bits per heavy atom. The van der Waals surface area contributed by atoms with Gasteiger partial charge in [-0.3, -0.25) is 0 Å². The molecular weight excluding hydrogens is 104 g/mol. The van der Waals surface area contributed by atoms with Gasteiger partial charge in [0.05, 0.1) is 0 Å². The van der Waals surface area contributed by atoms with Gasteiger partial charge in [0.2, 0.25) is 0 Å². The lowest BCUT2D eigenvalue weighted by molar-refractivity contribution is 0.355. The predicted molar refractivity (Wildman–Crippen MR) is 35.3 cm³/mol. The van der Waals surface area contributed by atoms with E-state index in [0.717, 1.165) is 12.1 Å². The summed E-state index contributed by atoms with van der Waals surface area (Å²) in [5.74, 6) is 0. The summed E-state index contributed by atoms with van der Waals surface area (Å²) in [4.78, 5) is 0. The Morgan fingerprint density at radius 2 is 2.14 bits per heavy atom. The van der Waals surface area contributed by atoms with Crippen molar-refractivity contribution in [2.75, 3.05) is 6.61 Å². The maximum atomic E-state index is 5.23. The molecule has 0 fully saturated rings. The summed E-state index contributed by atoms with van der Waals surface area (Å²) in [5.41, 5.74) is 0.819. The minimum Gasteiger partial charge on any atom is -0.424 e. The monoisotopic (exact) mass is 118 g/mol. The van der Waals surface area contributed by atoms with E-state index in [9.17, 15) is 0 Å². The highest BCUT2D eigenvalue weighted by Crippen LogP contribution is 1.95. The minimum atomic E-state index is -0.154. The molecule has 0 aliphatic heterocycles. The highest BCUT2D eigenvalue weighted by molar-refractivity contribution is 6.29. The van der Waals surface area contributed by atoms with Gasteiger partial charge in [0, 0.05) is 6.61 Å². The third kappa shape index (κ3) is 6.18. The molecule has 0 rings (SSSR count). The molecule has 44 valence electrons. The molecule has 2 heteroatoms. The summed E-state index contributed by atoms with van der Waals surface area (Å²) >= 11 is 0. The second-order valence-electron chi connectivity index (χ2n) is 2.05. The Bertz CT molecular complexity index is 37.1. The second kappa shape index (κ2) is 4.34. The van der Waals surface area contributed by atoms with Gasteiger partial charge >= 0.3 is 0 Å². The number of hydrogen-bond acceptors (Lipinski definition) is 1. The van der Waals surface area contributed by atoms with Gasteiger partial charge in [-0.15, -0.1) is 0 Å². The molecule has 7 heavy (non-hydrogen) atoms. The average Bonchev–Trinajstić information content (AvgIpc) is 1.61. The molecule has 0 bridgehead atoms. The molecule has 0 saturated heterocycles. The van der Waals surface area contributed by atoms with E-state index in [2.05, 4.69) is 20.8 Å². The van der Waals surface area contributed by atoms with Gasteiger partial charge in [-0.1, -0.05) is 13.8 Å². The van der Waals surface area contributed by atoms with Crippen LogP contribution in [0.5, 0.6) is 0 Å². The Hall–Kier alpha value is 0.177. The zero-order chi connectivity index (χ0) is 5.70.